The van der Waals surface area contributed by atoms with Crippen LogP contribution in [0.3, 0.4) is 0 Å². The number of likely N-dealkylation sites (tertiary alicyclic amines) is 2. The van der Waals surface area contributed by atoms with E-state index in [0.717, 1.165) is 48.3 Å². The second-order valence-electron chi connectivity index (χ2n) is 12.5. The molecule has 2 fully saturated rings. The molecule has 0 spiro atoms. The summed E-state index contributed by atoms with van der Waals surface area (Å²) in [7, 11) is 0. The van der Waals surface area contributed by atoms with Gasteiger partial charge in [-0.05, 0) is 62.5 Å². The van der Waals surface area contributed by atoms with Crippen LogP contribution in [0.1, 0.15) is 95.7 Å². The van der Waals surface area contributed by atoms with Crippen LogP contribution in [0.5, 0.6) is 0 Å². The summed E-state index contributed by atoms with van der Waals surface area (Å²) in [5.74, 6) is -2.32. The van der Waals surface area contributed by atoms with E-state index in [0.29, 0.717) is 50.1 Å². The second-order valence-corrected chi connectivity index (χ2v) is 19.0. The minimum atomic E-state index is -0.566. The van der Waals surface area contributed by atoms with Crippen LogP contribution in [-0.2, 0) is 44.9 Å². The highest BCUT2D eigenvalue weighted by molar-refractivity contribution is 9.69. The minimum absolute atomic E-state index is 0.107. The van der Waals surface area contributed by atoms with Gasteiger partial charge in [0, 0.05) is 38.3 Å². The lowest BCUT2D eigenvalue weighted by atomic mass is 9.98. The first kappa shape index (κ1) is 41.4. The van der Waals surface area contributed by atoms with Crippen LogP contribution >= 0.6 is 47.3 Å². The highest BCUT2D eigenvalue weighted by Crippen LogP contribution is 2.24. The number of amides is 6. The smallest absolute Gasteiger partial charge is 0.369 e. The fourth-order valence-corrected chi connectivity index (χ4v) is 6.55. The normalized spacial score (nSPS) is 17.0. The van der Waals surface area contributed by atoms with E-state index in [4.69, 9.17) is 8.83 Å². The van der Waals surface area contributed by atoms with E-state index in [9.17, 15) is 38.4 Å². The lowest BCUT2D eigenvalue weighted by molar-refractivity contribution is -0.139. The van der Waals surface area contributed by atoms with E-state index in [1.165, 1.54) is 12.1 Å². The molecule has 2 saturated heterocycles. The van der Waals surface area contributed by atoms with E-state index < -0.39 is 34.9 Å². The van der Waals surface area contributed by atoms with Gasteiger partial charge in [-0.2, -0.15) is 0 Å². The van der Waals surface area contributed by atoms with Crippen molar-refractivity contribution in [3.05, 3.63) is 66.7 Å². The molecule has 0 aromatic carbocycles. The molecule has 6 amide bonds. The zero-order valence-electron chi connectivity index (χ0n) is 29.1. The SMILES string of the molecule is BrB(Br)Br.CCc1cc(=O)oc2c1C(=O)N(CC(=O)N1CCCCC1)C(=O)C2.CCc1cc(=O)oc2c1C(=O)N(CC(=O)N1CCCCC1)C(=O)C2. The topological polar surface area (TPSA) is 176 Å². The van der Waals surface area contributed by atoms with Crippen LogP contribution < -0.4 is 11.3 Å². The zero-order chi connectivity index (χ0) is 38.1. The first-order valence-electron chi connectivity index (χ1n) is 17.2. The second kappa shape index (κ2) is 19.1. The third kappa shape index (κ3) is 10.4. The largest absolute Gasteiger partial charge is 0.426 e. The number of piperidine rings is 2. The number of imide groups is 2. The van der Waals surface area contributed by atoms with Crippen molar-refractivity contribution in [2.24, 2.45) is 0 Å². The molecule has 14 nitrogen and oxygen atoms in total. The van der Waals surface area contributed by atoms with Gasteiger partial charge in [0.2, 0.25) is 23.6 Å². The highest BCUT2D eigenvalue weighted by Gasteiger charge is 2.38. The number of nitrogens with zero attached hydrogens (tertiary/aromatic N) is 4. The first-order chi connectivity index (χ1) is 24.7. The number of aryl methyl sites for hydroxylation is 2. The van der Waals surface area contributed by atoms with E-state index in [1.807, 2.05) is 13.8 Å². The van der Waals surface area contributed by atoms with Crippen molar-refractivity contribution < 1.29 is 37.6 Å². The van der Waals surface area contributed by atoms with Gasteiger partial charge in [-0.1, -0.05) is 13.8 Å². The Bertz CT molecular complexity index is 1690. The number of hydrogen-bond acceptors (Lipinski definition) is 10. The molecule has 4 aliphatic rings. The molecule has 0 saturated carbocycles. The van der Waals surface area contributed by atoms with Gasteiger partial charge in [0.15, 0.2) is 0 Å². The molecule has 280 valence electrons. The van der Waals surface area contributed by atoms with Crippen molar-refractivity contribution in [3.8, 4) is 0 Å². The van der Waals surface area contributed by atoms with E-state index >= 15 is 0 Å². The van der Waals surface area contributed by atoms with Crippen LogP contribution in [-0.4, -0.2) is 97.5 Å². The van der Waals surface area contributed by atoms with Crippen molar-refractivity contribution in [2.75, 3.05) is 39.3 Å². The Kier molecular flexibility index (Phi) is 15.2. The maximum absolute atomic E-state index is 12.7. The van der Waals surface area contributed by atoms with Gasteiger partial charge in [0.05, 0.1) is 24.0 Å². The fraction of sp³-hybridized carbons (Fsp3) is 0.529. The monoisotopic (exact) mass is 912 g/mol. The predicted molar refractivity (Wildman–Crippen MR) is 202 cm³/mol. The van der Waals surface area contributed by atoms with Crippen LogP contribution in [0.2, 0.25) is 0 Å². The molecular formula is C34H40BBr3N4O10. The van der Waals surface area contributed by atoms with Crippen molar-refractivity contribution >= 4 is 85.9 Å². The van der Waals surface area contributed by atoms with Crippen molar-refractivity contribution in [1.29, 1.82) is 0 Å². The summed E-state index contributed by atoms with van der Waals surface area (Å²) in [5.41, 5.74) is 0.475. The molecule has 2 aromatic rings. The first-order valence-corrected chi connectivity index (χ1v) is 20.0. The third-order valence-corrected chi connectivity index (χ3v) is 9.14. The third-order valence-electron chi connectivity index (χ3n) is 9.14. The van der Waals surface area contributed by atoms with Crippen LogP contribution in [0.25, 0.3) is 0 Å². The quantitative estimate of drug-likeness (QED) is 0.308. The molecule has 52 heavy (non-hydrogen) atoms. The maximum atomic E-state index is 12.7. The lowest BCUT2D eigenvalue weighted by Gasteiger charge is -2.31. The van der Waals surface area contributed by atoms with E-state index in [1.54, 1.807) is 9.80 Å². The summed E-state index contributed by atoms with van der Waals surface area (Å²) in [6.45, 7) is 5.81. The molecule has 6 heterocycles. The van der Waals surface area contributed by atoms with Gasteiger partial charge in [0.25, 0.3) is 11.8 Å². The number of fused-ring (bicyclic) bond motifs is 2. The van der Waals surface area contributed by atoms with Gasteiger partial charge < -0.3 is 18.6 Å². The number of carbonyl (C=O) groups is 6. The highest BCUT2D eigenvalue weighted by atomic mass is 79.9. The Morgan fingerprint density at radius 3 is 1.25 bits per heavy atom. The molecule has 0 atom stereocenters. The maximum Gasteiger partial charge on any atom is 0.369 e. The molecule has 0 aliphatic carbocycles. The average Bonchev–Trinajstić information content (AvgIpc) is 3.11. The lowest BCUT2D eigenvalue weighted by Crippen LogP contribution is -2.50. The van der Waals surface area contributed by atoms with E-state index in [-0.39, 0.29) is 63.6 Å². The molecule has 18 heteroatoms. The van der Waals surface area contributed by atoms with E-state index in [2.05, 4.69) is 47.3 Å². The Hall–Kier alpha value is -3.38. The molecular weight excluding hydrogens is 875 g/mol. The Morgan fingerprint density at radius 1 is 0.615 bits per heavy atom. The van der Waals surface area contributed by atoms with Crippen molar-refractivity contribution in [1.82, 2.24) is 19.6 Å². The minimum Gasteiger partial charge on any atom is -0.426 e. The molecule has 0 N–H and O–H groups in total. The number of hydrogen-bond donors (Lipinski definition) is 0. The van der Waals surface area contributed by atoms with Gasteiger partial charge in [-0.3, -0.25) is 38.6 Å². The van der Waals surface area contributed by atoms with Crippen LogP contribution in [0.15, 0.2) is 30.6 Å². The number of carbonyl (C=O) groups excluding carboxylic acids is 6. The van der Waals surface area contributed by atoms with Gasteiger partial charge in [-0.25, -0.2) is 9.59 Å². The summed E-state index contributed by atoms with van der Waals surface area (Å²) in [5, 5.41) is 0. The summed E-state index contributed by atoms with van der Waals surface area (Å²) in [4.78, 5) is 103. The molecule has 0 unspecified atom stereocenters. The standard InChI is InChI=1S/2C17H20N2O5.BBr3/c2*1-2-11-8-15(22)24-12-9-13(20)19(17(23)16(11)12)10-14(21)18-6-4-3-5-7-18;2-1(3)4/h2*8H,2-7,9-10H2,1H3;. The summed E-state index contributed by atoms with van der Waals surface area (Å²) in [6, 6.07) is 2.55. The Labute approximate surface area is 325 Å². The number of rotatable bonds is 6. The van der Waals surface area contributed by atoms with Gasteiger partial charge in [0.1, 0.15) is 24.6 Å². The van der Waals surface area contributed by atoms with Gasteiger partial charge >= 0.3 is 14.4 Å². The molecule has 0 bridgehead atoms. The van der Waals surface area contributed by atoms with Crippen molar-refractivity contribution in [3.63, 3.8) is 0 Å². The van der Waals surface area contributed by atoms with Crippen LogP contribution in [0.4, 0.5) is 0 Å². The van der Waals surface area contributed by atoms with Crippen molar-refractivity contribution in [2.45, 2.75) is 78.1 Å². The fourth-order valence-electron chi connectivity index (χ4n) is 6.55. The molecule has 2 aromatic heterocycles. The molecule has 4 aliphatic heterocycles. The Balaban J connectivity index is 0.000000211. The average molecular weight is 915 g/mol. The predicted octanol–water partition coefficient (Wildman–Crippen LogP) is 3.64. The summed E-state index contributed by atoms with van der Waals surface area (Å²) >= 11 is 9.31. The summed E-state index contributed by atoms with van der Waals surface area (Å²) in [6.07, 6.45) is 6.58. The Morgan fingerprint density at radius 2 is 0.942 bits per heavy atom. The zero-order valence-corrected chi connectivity index (χ0v) is 33.8. The number of halogens is 3. The molecule has 6 rings (SSSR count). The summed E-state index contributed by atoms with van der Waals surface area (Å²) < 4.78 is 10.3. The van der Waals surface area contributed by atoms with Gasteiger partial charge in [-0.15, -0.1) is 47.3 Å². The molecule has 0 radical (unpaired) electrons. The van der Waals surface area contributed by atoms with Crippen LogP contribution in [0, 0.1) is 0 Å².